The van der Waals surface area contributed by atoms with Crippen LogP contribution >= 0.6 is 0 Å². The first-order chi connectivity index (χ1) is 5.69. The fraction of sp³-hybridized carbons (Fsp3) is 0.889. The van der Waals surface area contributed by atoms with Crippen LogP contribution < -0.4 is 5.32 Å². The second kappa shape index (κ2) is 4.07. The van der Waals surface area contributed by atoms with E-state index in [0.717, 1.165) is 0 Å². The van der Waals surface area contributed by atoms with Gasteiger partial charge in [0, 0.05) is 13.7 Å². The Hall–Kier alpha value is -0.610. The van der Waals surface area contributed by atoms with Crippen molar-refractivity contribution >= 4 is 5.91 Å². The summed E-state index contributed by atoms with van der Waals surface area (Å²) in [4.78, 5) is 11.4. The standard InChI is InChI=1S/C9H19NO3/c1-8(2,12)6-10-7(11)9(3,4)13-5/h12H,6H2,1-5H3,(H,10,11). The van der Waals surface area contributed by atoms with E-state index in [2.05, 4.69) is 5.32 Å². The average molecular weight is 189 g/mol. The molecule has 0 radical (unpaired) electrons. The van der Waals surface area contributed by atoms with E-state index in [1.165, 1.54) is 7.11 Å². The van der Waals surface area contributed by atoms with Crippen LogP contribution in [0.1, 0.15) is 27.7 Å². The molecule has 0 aromatic heterocycles. The van der Waals surface area contributed by atoms with Gasteiger partial charge in [0.05, 0.1) is 5.60 Å². The van der Waals surface area contributed by atoms with Crippen LogP contribution in [0.5, 0.6) is 0 Å². The summed E-state index contributed by atoms with van der Waals surface area (Å²) in [5, 5.41) is 11.9. The summed E-state index contributed by atoms with van der Waals surface area (Å²) in [5.74, 6) is -0.225. The fourth-order valence-electron chi connectivity index (χ4n) is 0.602. The first kappa shape index (κ1) is 12.4. The Morgan fingerprint density at radius 1 is 1.38 bits per heavy atom. The summed E-state index contributed by atoms with van der Waals surface area (Å²) in [5.41, 5.74) is -1.73. The van der Waals surface area contributed by atoms with Gasteiger partial charge in [-0.05, 0) is 27.7 Å². The largest absolute Gasteiger partial charge is 0.389 e. The molecular weight excluding hydrogens is 170 g/mol. The van der Waals surface area contributed by atoms with Crippen LogP contribution in [0.15, 0.2) is 0 Å². The van der Waals surface area contributed by atoms with Crippen LogP contribution in [-0.2, 0) is 9.53 Å². The molecule has 0 unspecified atom stereocenters. The number of hydrogen-bond acceptors (Lipinski definition) is 3. The predicted octanol–water partition coefficient (Wildman–Crippen LogP) is 0.299. The normalized spacial score (nSPS) is 12.8. The van der Waals surface area contributed by atoms with Crippen molar-refractivity contribution < 1.29 is 14.6 Å². The Balaban J connectivity index is 4.03. The van der Waals surface area contributed by atoms with Gasteiger partial charge >= 0.3 is 0 Å². The van der Waals surface area contributed by atoms with E-state index < -0.39 is 11.2 Å². The van der Waals surface area contributed by atoms with Crippen molar-refractivity contribution in [3.8, 4) is 0 Å². The summed E-state index contributed by atoms with van der Waals surface area (Å²) in [6, 6.07) is 0. The number of methoxy groups -OCH3 is 1. The quantitative estimate of drug-likeness (QED) is 0.668. The van der Waals surface area contributed by atoms with Crippen molar-refractivity contribution in [1.82, 2.24) is 5.32 Å². The minimum atomic E-state index is -0.889. The summed E-state index contributed by atoms with van der Waals surface area (Å²) in [6.07, 6.45) is 0. The van der Waals surface area contributed by atoms with Crippen LogP contribution in [0.4, 0.5) is 0 Å². The summed E-state index contributed by atoms with van der Waals surface area (Å²) in [7, 11) is 1.48. The molecule has 1 amide bonds. The van der Waals surface area contributed by atoms with Crippen LogP contribution in [0, 0.1) is 0 Å². The number of rotatable bonds is 4. The third-order valence-corrected chi connectivity index (χ3v) is 1.74. The maximum absolute atomic E-state index is 11.4. The minimum Gasteiger partial charge on any atom is -0.389 e. The molecule has 0 aliphatic carbocycles. The molecule has 0 spiro atoms. The summed E-state index contributed by atoms with van der Waals surface area (Å²) >= 11 is 0. The van der Waals surface area contributed by atoms with Crippen LogP contribution in [0.25, 0.3) is 0 Å². The van der Waals surface area contributed by atoms with Gasteiger partial charge in [0.25, 0.3) is 5.91 Å². The van der Waals surface area contributed by atoms with E-state index in [4.69, 9.17) is 4.74 Å². The zero-order valence-corrected chi connectivity index (χ0v) is 8.97. The van der Waals surface area contributed by atoms with Gasteiger partial charge in [0.1, 0.15) is 5.60 Å². The Bertz CT molecular complexity index is 182. The maximum atomic E-state index is 11.4. The second-order valence-electron chi connectivity index (χ2n) is 4.21. The lowest BCUT2D eigenvalue weighted by molar-refractivity contribution is -0.140. The van der Waals surface area contributed by atoms with Gasteiger partial charge in [0.15, 0.2) is 0 Å². The molecule has 0 aromatic rings. The van der Waals surface area contributed by atoms with Crippen LogP contribution in [-0.4, -0.2) is 35.9 Å². The van der Waals surface area contributed by atoms with Crippen molar-refractivity contribution in [2.75, 3.05) is 13.7 Å². The highest BCUT2D eigenvalue weighted by molar-refractivity contribution is 5.84. The third kappa shape index (κ3) is 4.85. The van der Waals surface area contributed by atoms with E-state index in [0.29, 0.717) is 0 Å². The van der Waals surface area contributed by atoms with E-state index >= 15 is 0 Å². The van der Waals surface area contributed by atoms with Crippen molar-refractivity contribution in [1.29, 1.82) is 0 Å². The number of carbonyl (C=O) groups excluding carboxylic acids is 1. The zero-order valence-electron chi connectivity index (χ0n) is 8.97. The SMILES string of the molecule is COC(C)(C)C(=O)NCC(C)(C)O. The molecule has 0 saturated carbocycles. The molecule has 13 heavy (non-hydrogen) atoms. The number of carbonyl (C=O) groups is 1. The summed E-state index contributed by atoms with van der Waals surface area (Å²) in [6.45, 7) is 6.83. The summed E-state index contributed by atoms with van der Waals surface area (Å²) < 4.78 is 4.97. The van der Waals surface area contributed by atoms with E-state index in [9.17, 15) is 9.90 Å². The van der Waals surface area contributed by atoms with Gasteiger partial charge in [-0.2, -0.15) is 0 Å². The van der Waals surface area contributed by atoms with Gasteiger partial charge in [0.2, 0.25) is 0 Å². The third-order valence-electron chi connectivity index (χ3n) is 1.74. The number of nitrogens with one attached hydrogen (secondary N) is 1. The molecule has 0 aliphatic heterocycles. The lowest BCUT2D eigenvalue weighted by Crippen LogP contribution is -2.48. The first-order valence-corrected chi connectivity index (χ1v) is 4.25. The van der Waals surface area contributed by atoms with Crippen LogP contribution in [0.3, 0.4) is 0 Å². The predicted molar refractivity (Wildman–Crippen MR) is 50.4 cm³/mol. The van der Waals surface area contributed by atoms with Crippen LogP contribution in [0.2, 0.25) is 0 Å². The molecule has 0 heterocycles. The number of aliphatic hydroxyl groups is 1. The van der Waals surface area contributed by atoms with Crippen molar-refractivity contribution in [2.45, 2.75) is 38.9 Å². The topological polar surface area (TPSA) is 58.6 Å². The van der Waals surface area contributed by atoms with E-state index in [1.54, 1.807) is 27.7 Å². The lowest BCUT2D eigenvalue weighted by atomic mass is 10.1. The highest BCUT2D eigenvalue weighted by Crippen LogP contribution is 2.07. The van der Waals surface area contributed by atoms with E-state index in [1.807, 2.05) is 0 Å². The molecule has 0 saturated heterocycles. The zero-order chi connectivity index (χ0) is 10.7. The molecule has 4 heteroatoms. The molecule has 0 atom stereocenters. The molecule has 0 rings (SSSR count). The van der Waals surface area contributed by atoms with E-state index in [-0.39, 0.29) is 12.5 Å². The molecular formula is C9H19NO3. The lowest BCUT2D eigenvalue weighted by Gasteiger charge is -2.24. The number of hydrogen-bond donors (Lipinski definition) is 2. The smallest absolute Gasteiger partial charge is 0.251 e. The Morgan fingerprint density at radius 3 is 2.15 bits per heavy atom. The maximum Gasteiger partial charge on any atom is 0.251 e. The fourth-order valence-corrected chi connectivity index (χ4v) is 0.602. The van der Waals surface area contributed by atoms with Crippen molar-refractivity contribution in [3.05, 3.63) is 0 Å². The Labute approximate surface area is 79.3 Å². The molecule has 0 bridgehead atoms. The molecule has 4 nitrogen and oxygen atoms in total. The monoisotopic (exact) mass is 189 g/mol. The van der Waals surface area contributed by atoms with Gasteiger partial charge in [-0.15, -0.1) is 0 Å². The number of ether oxygens (including phenoxy) is 1. The highest BCUT2D eigenvalue weighted by atomic mass is 16.5. The minimum absolute atomic E-state index is 0.221. The molecule has 2 N–H and O–H groups in total. The highest BCUT2D eigenvalue weighted by Gasteiger charge is 2.27. The Kier molecular flexibility index (Phi) is 3.88. The van der Waals surface area contributed by atoms with Gasteiger partial charge in [-0.3, -0.25) is 4.79 Å². The van der Waals surface area contributed by atoms with Gasteiger partial charge in [-0.25, -0.2) is 0 Å². The van der Waals surface area contributed by atoms with Crippen molar-refractivity contribution in [3.63, 3.8) is 0 Å². The van der Waals surface area contributed by atoms with Gasteiger partial charge < -0.3 is 15.2 Å². The van der Waals surface area contributed by atoms with Crippen molar-refractivity contribution in [2.24, 2.45) is 0 Å². The Morgan fingerprint density at radius 2 is 1.85 bits per heavy atom. The number of amides is 1. The average Bonchev–Trinajstić information content (AvgIpc) is 1.98. The molecule has 78 valence electrons. The first-order valence-electron chi connectivity index (χ1n) is 4.25. The molecule has 0 fully saturated rings. The van der Waals surface area contributed by atoms with Gasteiger partial charge in [-0.1, -0.05) is 0 Å². The second-order valence-corrected chi connectivity index (χ2v) is 4.21. The molecule has 0 aromatic carbocycles. The molecule has 0 aliphatic rings.